The summed E-state index contributed by atoms with van der Waals surface area (Å²) < 4.78 is 65.1. The van der Waals surface area contributed by atoms with Crippen LogP contribution in [0, 0.1) is 5.92 Å². The highest BCUT2D eigenvalue weighted by molar-refractivity contribution is 7.91. The first-order valence-corrected chi connectivity index (χ1v) is 13.8. The molecule has 4 aromatic rings. The maximum absolute atomic E-state index is 13.2. The number of H-pyrrole nitrogens is 1. The fourth-order valence-corrected chi connectivity index (χ4v) is 6.25. The molecule has 2 aromatic carbocycles. The molecule has 0 saturated carbocycles. The number of Topliss-reactive ketones (excluding diaryl/α,β-unsaturated/α-hetero) is 1. The number of fused-ring (bicyclic) bond motifs is 1. The van der Waals surface area contributed by atoms with Gasteiger partial charge in [0.25, 0.3) is 0 Å². The van der Waals surface area contributed by atoms with Gasteiger partial charge in [-0.25, -0.2) is 18.4 Å². The van der Waals surface area contributed by atoms with E-state index in [0.717, 1.165) is 54.9 Å². The Morgan fingerprint density at radius 3 is 2.64 bits per heavy atom. The molecule has 1 aliphatic heterocycles. The van der Waals surface area contributed by atoms with Crippen LogP contribution < -0.4 is 10.2 Å². The summed E-state index contributed by atoms with van der Waals surface area (Å²) in [6.07, 6.45) is 0.655. The van der Waals surface area contributed by atoms with Crippen molar-refractivity contribution < 1.29 is 26.4 Å². The zero-order valence-corrected chi connectivity index (χ0v) is 21.5. The molecule has 2 N–H and O–H groups in total. The molecule has 0 amide bonds. The first kappa shape index (κ1) is 26.6. The van der Waals surface area contributed by atoms with Gasteiger partial charge in [0.05, 0.1) is 39.2 Å². The third kappa shape index (κ3) is 5.72. The molecule has 1 atom stereocenters. The van der Waals surface area contributed by atoms with E-state index in [9.17, 15) is 26.4 Å². The zero-order valence-electron chi connectivity index (χ0n) is 20.6. The number of anilines is 2. The number of alkyl halides is 3. The van der Waals surface area contributed by atoms with Crippen molar-refractivity contribution >= 4 is 38.2 Å². The predicted octanol–water partition coefficient (Wildman–Crippen LogP) is 4.49. The third-order valence-electron chi connectivity index (χ3n) is 6.71. The zero-order chi connectivity index (χ0) is 27.6. The lowest BCUT2D eigenvalue weighted by Gasteiger charge is -2.33. The monoisotopic (exact) mass is 558 g/mol. The van der Waals surface area contributed by atoms with Crippen molar-refractivity contribution in [2.75, 3.05) is 29.9 Å². The number of piperidine rings is 1. The highest BCUT2D eigenvalue weighted by atomic mass is 32.2. The molecule has 5 rings (SSSR count). The number of aromatic nitrogens is 4. The van der Waals surface area contributed by atoms with Gasteiger partial charge >= 0.3 is 6.18 Å². The Morgan fingerprint density at radius 1 is 1.10 bits per heavy atom. The van der Waals surface area contributed by atoms with Crippen LogP contribution in [0.3, 0.4) is 0 Å². The molecule has 1 aliphatic rings. The van der Waals surface area contributed by atoms with E-state index in [1.54, 1.807) is 12.3 Å². The minimum atomic E-state index is -4.57. The lowest BCUT2D eigenvalue weighted by molar-refractivity contribution is -0.137. The minimum Gasteiger partial charge on any atom is -0.377 e. The van der Waals surface area contributed by atoms with Gasteiger partial charge in [0.1, 0.15) is 12.1 Å². The van der Waals surface area contributed by atoms with Gasteiger partial charge in [-0.05, 0) is 55.2 Å². The number of nitrogens with zero attached hydrogens (tertiary/aromatic N) is 4. The summed E-state index contributed by atoms with van der Waals surface area (Å²) in [5, 5.41) is 10.6. The molecule has 0 bridgehead atoms. The highest BCUT2D eigenvalue weighted by Crippen LogP contribution is 2.33. The van der Waals surface area contributed by atoms with Crippen LogP contribution in [0.1, 0.15) is 24.8 Å². The number of rotatable bonds is 8. The van der Waals surface area contributed by atoms with Crippen LogP contribution >= 0.6 is 0 Å². The molecule has 0 radical (unpaired) electrons. The van der Waals surface area contributed by atoms with Gasteiger partial charge in [-0.15, -0.1) is 0 Å². The standard InChI is InChI=1S/C26H25F3N6O3S/c27-26(28,29)18-7-9-20(10-8-18)39(37,38)23-6-2-1-5-22(23)30-13-19(36)12-17-4-3-11-35(15-17)25-21-14-33-34-24(21)31-16-32-25/h1-2,5-10,14,16-17,30H,3-4,11-13,15H2,(H,31,32,33,34)/t17-/m0/s1. The highest BCUT2D eigenvalue weighted by Gasteiger charge is 2.31. The molecule has 3 heterocycles. The van der Waals surface area contributed by atoms with E-state index in [1.807, 2.05) is 0 Å². The van der Waals surface area contributed by atoms with E-state index >= 15 is 0 Å². The van der Waals surface area contributed by atoms with Gasteiger partial charge in [0.2, 0.25) is 9.84 Å². The number of benzene rings is 2. The number of aromatic amines is 1. The minimum absolute atomic E-state index is 0.0836. The van der Waals surface area contributed by atoms with Gasteiger partial charge in [-0.1, -0.05) is 12.1 Å². The lowest BCUT2D eigenvalue weighted by atomic mass is 9.92. The number of ketones is 1. The average Bonchev–Trinajstić information content (AvgIpc) is 3.41. The molecular weight excluding hydrogens is 533 g/mol. The number of carbonyl (C=O) groups is 1. The van der Waals surface area contributed by atoms with Gasteiger partial charge < -0.3 is 10.2 Å². The van der Waals surface area contributed by atoms with Crippen molar-refractivity contribution in [1.82, 2.24) is 20.2 Å². The topological polar surface area (TPSA) is 121 Å². The average molecular weight is 559 g/mol. The van der Waals surface area contributed by atoms with Crippen LogP contribution in [-0.4, -0.2) is 54.0 Å². The molecule has 0 spiro atoms. The normalized spacial score (nSPS) is 16.4. The molecular formula is C26H25F3N6O3S. The molecule has 1 fully saturated rings. The van der Waals surface area contributed by atoms with E-state index < -0.39 is 21.6 Å². The second kappa shape index (κ2) is 10.6. The summed E-state index contributed by atoms with van der Waals surface area (Å²) in [6, 6.07) is 9.36. The second-order valence-electron chi connectivity index (χ2n) is 9.40. The lowest BCUT2D eigenvalue weighted by Crippen LogP contribution is -2.37. The van der Waals surface area contributed by atoms with Crippen molar-refractivity contribution in [1.29, 1.82) is 0 Å². The Hall–Kier alpha value is -4.00. The smallest absolute Gasteiger partial charge is 0.377 e. The van der Waals surface area contributed by atoms with Crippen LogP contribution in [0.4, 0.5) is 24.7 Å². The van der Waals surface area contributed by atoms with E-state index in [4.69, 9.17) is 0 Å². The largest absolute Gasteiger partial charge is 0.416 e. The SMILES string of the molecule is O=C(CNc1ccccc1S(=O)(=O)c1ccc(C(F)(F)F)cc1)C[C@@H]1CCCN(c2ncnc3[nH]ncc23)C1. The number of sulfone groups is 1. The number of halogens is 3. The Labute approximate surface area is 222 Å². The van der Waals surface area contributed by atoms with Crippen LogP contribution in [0.15, 0.2) is 70.8 Å². The van der Waals surface area contributed by atoms with E-state index in [2.05, 4.69) is 30.4 Å². The predicted molar refractivity (Wildman–Crippen MR) is 138 cm³/mol. The van der Waals surface area contributed by atoms with Crippen LogP contribution in [-0.2, 0) is 20.8 Å². The molecule has 13 heteroatoms. The fraction of sp³-hybridized carbons (Fsp3) is 0.308. The number of para-hydroxylation sites is 1. The summed E-state index contributed by atoms with van der Waals surface area (Å²) >= 11 is 0. The van der Waals surface area contributed by atoms with Gasteiger partial charge in [0.15, 0.2) is 11.4 Å². The maximum atomic E-state index is 13.2. The first-order valence-electron chi connectivity index (χ1n) is 12.3. The van der Waals surface area contributed by atoms with Crippen LogP contribution in [0.2, 0.25) is 0 Å². The first-order chi connectivity index (χ1) is 18.6. The fourth-order valence-electron chi connectivity index (χ4n) is 4.81. The molecule has 0 aliphatic carbocycles. The molecule has 9 nitrogen and oxygen atoms in total. The number of hydrogen-bond donors (Lipinski definition) is 2. The van der Waals surface area contributed by atoms with Crippen molar-refractivity contribution in [2.45, 2.75) is 35.2 Å². The Morgan fingerprint density at radius 2 is 1.87 bits per heavy atom. The van der Waals surface area contributed by atoms with E-state index in [-0.39, 0.29) is 33.7 Å². The van der Waals surface area contributed by atoms with Crippen LogP contribution in [0.5, 0.6) is 0 Å². The van der Waals surface area contributed by atoms with Gasteiger partial charge in [-0.3, -0.25) is 9.89 Å². The molecule has 39 heavy (non-hydrogen) atoms. The van der Waals surface area contributed by atoms with E-state index in [1.165, 1.54) is 24.5 Å². The Bertz CT molecular complexity index is 1590. The van der Waals surface area contributed by atoms with Gasteiger partial charge in [-0.2, -0.15) is 18.3 Å². The van der Waals surface area contributed by atoms with Crippen molar-refractivity contribution in [3.63, 3.8) is 0 Å². The Kier molecular flexibility index (Phi) is 7.25. The maximum Gasteiger partial charge on any atom is 0.416 e. The summed E-state index contributed by atoms with van der Waals surface area (Å²) in [5.74, 6) is 0.780. The van der Waals surface area contributed by atoms with Gasteiger partial charge in [0, 0.05) is 19.5 Å². The summed E-state index contributed by atoms with van der Waals surface area (Å²) in [5.41, 5.74) is -0.0831. The van der Waals surface area contributed by atoms with Crippen LogP contribution in [0.25, 0.3) is 11.0 Å². The molecule has 0 unspecified atom stereocenters. The molecule has 204 valence electrons. The summed E-state index contributed by atoms with van der Waals surface area (Å²) in [6.45, 7) is 1.35. The quantitative estimate of drug-likeness (QED) is 0.325. The van der Waals surface area contributed by atoms with Crippen molar-refractivity contribution in [3.8, 4) is 0 Å². The van der Waals surface area contributed by atoms with Crippen molar-refractivity contribution in [2.24, 2.45) is 5.92 Å². The summed E-state index contributed by atoms with van der Waals surface area (Å²) in [7, 11) is -4.13. The van der Waals surface area contributed by atoms with E-state index in [0.29, 0.717) is 18.6 Å². The number of carbonyl (C=O) groups excluding carboxylic acids is 1. The summed E-state index contributed by atoms with van der Waals surface area (Å²) in [4.78, 5) is 23.2. The Balaban J connectivity index is 1.24. The molecule has 2 aromatic heterocycles. The third-order valence-corrected chi connectivity index (χ3v) is 8.53. The molecule has 1 saturated heterocycles. The number of nitrogens with one attached hydrogen (secondary N) is 2. The number of hydrogen-bond acceptors (Lipinski definition) is 8. The second-order valence-corrected chi connectivity index (χ2v) is 11.3. The van der Waals surface area contributed by atoms with Crippen molar-refractivity contribution in [3.05, 3.63) is 66.6 Å².